The van der Waals surface area contributed by atoms with E-state index in [2.05, 4.69) is 25.7 Å². The third kappa shape index (κ3) is 4.21. The number of benzene rings is 1. The molecule has 38 heavy (non-hydrogen) atoms. The zero-order valence-corrected chi connectivity index (χ0v) is 20.5. The minimum Gasteiger partial charge on any atom is -0.479 e. The fraction of sp³-hybridized carbons (Fsp3) is 0.500. The number of nitrogens with zero attached hydrogens (tertiary/aromatic N) is 7. The molecule has 0 amide bonds. The summed E-state index contributed by atoms with van der Waals surface area (Å²) in [5.41, 5.74) is 2.76. The molecule has 0 bridgehead atoms. The van der Waals surface area contributed by atoms with Gasteiger partial charge in [0.2, 0.25) is 11.8 Å². The van der Waals surface area contributed by atoms with Crippen molar-refractivity contribution in [1.29, 1.82) is 0 Å². The van der Waals surface area contributed by atoms with Crippen molar-refractivity contribution < 1.29 is 28.4 Å². The fourth-order valence-corrected chi connectivity index (χ4v) is 4.89. The summed E-state index contributed by atoms with van der Waals surface area (Å²) in [6.45, 7) is -1.88. The summed E-state index contributed by atoms with van der Waals surface area (Å²) < 4.78 is 78.4. The van der Waals surface area contributed by atoms with Gasteiger partial charge in [-0.25, -0.2) is 26.8 Å². The lowest BCUT2D eigenvalue weighted by atomic mass is 9.98. The molecule has 0 spiro atoms. The van der Waals surface area contributed by atoms with Crippen LogP contribution in [-0.4, -0.2) is 99.2 Å². The van der Waals surface area contributed by atoms with Crippen molar-refractivity contribution >= 4 is 22.5 Å². The van der Waals surface area contributed by atoms with Crippen LogP contribution >= 0.6 is 0 Å². The zero-order chi connectivity index (χ0) is 27.4. The molecule has 1 unspecified atom stereocenters. The van der Waals surface area contributed by atoms with Crippen LogP contribution in [0.4, 0.5) is 23.5 Å². The molecule has 202 valence electrons. The number of methoxy groups -OCH3 is 1. The third-order valence-electron chi connectivity index (χ3n) is 7.04. The normalized spacial score (nSPS) is 21.5. The van der Waals surface area contributed by atoms with Gasteiger partial charge in [-0.1, -0.05) is 11.3 Å². The number of likely N-dealkylation sites (tertiary alicyclic amines) is 1. The van der Waals surface area contributed by atoms with Crippen molar-refractivity contribution in [3.05, 3.63) is 30.5 Å². The second-order valence-corrected chi connectivity index (χ2v) is 9.39. The molecule has 2 aliphatic rings. The van der Waals surface area contributed by atoms with E-state index in [0.717, 1.165) is 0 Å². The molecule has 1 atom stereocenters. The fourth-order valence-electron chi connectivity index (χ4n) is 4.89. The van der Waals surface area contributed by atoms with Crippen molar-refractivity contribution in [2.24, 2.45) is 0 Å². The average Bonchev–Trinajstić information content (AvgIpc) is 3.53. The van der Waals surface area contributed by atoms with Gasteiger partial charge in [0.1, 0.15) is 30.4 Å². The summed E-state index contributed by atoms with van der Waals surface area (Å²) in [6, 6.07) is 3.53. The Kier molecular flexibility index (Phi) is 5.99. The molecule has 5 heterocycles. The van der Waals surface area contributed by atoms with E-state index in [-0.39, 0.29) is 31.5 Å². The Labute approximate surface area is 215 Å². The van der Waals surface area contributed by atoms with Crippen molar-refractivity contribution in [2.75, 3.05) is 52.1 Å². The molecular formula is C24H26F4N8O2. The van der Waals surface area contributed by atoms with Crippen LogP contribution < -0.4 is 10.1 Å². The SMILES string of the molecule is [2H]C1(N2CCC(Nc3nc(OC)c4c(-c5ccc6nnn(C(CF)CF)c6c5)ccn4n3)C(F)(F)C2)COC1. The van der Waals surface area contributed by atoms with E-state index in [9.17, 15) is 8.78 Å². The molecule has 2 saturated heterocycles. The first kappa shape index (κ1) is 23.6. The molecule has 4 aromatic rings. The van der Waals surface area contributed by atoms with Crippen LogP contribution in [0, 0.1) is 0 Å². The zero-order valence-electron chi connectivity index (χ0n) is 21.5. The molecule has 0 radical (unpaired) electrons. The van der Waals surface area contributed by atoms with Crippen LogP contribution in [0.25, 0.3) is 27.7 Å². The largest absolute Gasteiger partial charge is 0.479 e. The highest BCUT2D eigenvalue weighted by Crippen LogP contribution is 2.35. The average molecular weight is 536 g/mol. The standard InChI is InChI=1S/C24H26F4N8O2/c1-37-22-21-17(14-2-3-18-19(8-14)36(33-31-18)15(9-25)10-26)4-7-35(21)32-23(30-22)29-20-5-6-34(13-24(20,27)28)16-11-38-12-16/h2-4,7-8,15-16,20H,5-6,9-13H2,1H3,(H,29,32)/i16D. The lowest BCUT2D eigenvalue weighted by Crippen LogP contribution is -2.61. The van der Waals surface area contributed by atoms with Crippen LogP contribution in [0.5, 0.6) is 5.88 Å². The number of piperidine rings is 1. The van der Waals surface area contributed by atoms with Gasteiger partial charge in [0.05, 0.1) is 45.8 Å². The van der Waals surface area contributed by atoms with Crippen molar-refractivity contribution in [3.8, 4) is 17.0 Å². The smallest absolute Gasteiger partial charge is 0.280 e. The summed E-state index contributed by atoms with van der Waals surface area (Å²) >= 11 is 0. The third-order valence-corrected chi connectivity index (χ3v) is 7.04. The molecular weight excluding hydrogens is 508 g/mol. The highest BCUT2D eigenvalue weighted by atomic mass is 19.3. The molecule has 2 fully saturated rings. The first-order valence-corrected chi connectivity index (χ1v) is 12.1. The van der Waals surface area contributed by atoms with Crippen LogP contribution in [0.3, 0.4) is 0 Å². The molecule has 0 aliphatic carbocycles. The number of fused-ring (bicyclic) bond motifs is 2. The summed E-state index contributed by atoms with van der Waals surface area (Å²) in [6.07, 6.45) is 1.74. The van der Waals surface area contributed by atoms with Gasteiger partial charge in [-0.2, -0.15) is 4.98 Å². The minimum absolute atomic E-state index is 0.0290. The summed E-state index contributed by atoms with van der Waals surface area (Å²) in [4.78, 5) is 5.82. The Hall–Kier alpha value is -3.52. The predicted molar refractivity (Wildman–Crippen MR) is 130 cm³/mol. The van der Waals surface area contributed by atoms with Gasteiger partial charge in [0.25, 0.3) is 5.92 Å². The molecule has 14 heteroatoms. The van der Waals surface area contributed by atoms with E-state index in [4.69, 9.17) is 10.8 Å². The van der Waals surface area contributed by atoms with Crippen LogP contribution in [0.2, 0.25) is 0 Å². The number of rotatable bonds is 8. The van der Waals surface area contributed by atoms with E-state index in [1.807, 2.05) is 0 Å². The molecule has 1 N–H and O–H groups in total. The first-order chi connectivity index (χ1) is 18.8. The second-order valence-electron chi connectivity index (χ2n) is 9.39. The number of hydrogen-bond acceptors (Lipinski definition) is 8. The number of hydrogen-bond donors (Lipinski definition) is 1. The van der Waals surface area contributed by atoms with E-state index in [1.165, 1.54) is 21.2 Å². The van der Waals surface area contributed by atoms with Crippen molar-refractivity contribution in [3.63, 3.8) is 0 Å². The van der Waals surface area contributed by atoms with Crippen molar-refractivity contribution in [2.45, 2.75) is 30.4 Å². The molecule has 6 rings (SSSR count). The van der Waals surface area contributed by atoms with E-state index >= 15 is 8.78 Å². The number of nitrogens with one attached hydrogen (secondary N) is 1. The Bertz CT molecular complexity index is 1510. The Balaban J connectivity index is 1.30. The summed E-state index contributed by atoms with van der Waals surface area (Å²) in [5, 5.41) is 15.1. The number of ether oxygens (including phenoxy) is 2. The Morgan fingerprint density at radius 2 is 2.08 bits per heavy atom. The minimum atomic E-state index is -3.13. The maximum atomic E-state index is 15.1. The summed E-state index contributed by atoms with van der Waals surface area (Å²) in [5.74, 6) is -3.00. The monoisotopic (exact) mass is 535 g/mol. The van der Waals surface area contributed by atoms with Gasteiger partial charge in [0.15, 0.2) is 0 Å². The molecule has 2 aliphatic heterocycles. The Morgan fingerprint density at radius 3 is 2.76 bits per heavy atom. The van der Waals surface area contributed by atoms with Crippen LogP contribution in [0.1, 0.15) is 13.8 Å². The summed E-state index contributed by atoms with van der Waals surface area (Å²) in [7, 11) is 1.42. The predicted octanol–water partition coefficient (Wildman–Crippen LogP) is 3.15. The lowest BCUT2D eigenvalue weighted by Gasteiger charge is -2.44. The quantitative estimate of drug-likeness (QED) is 0.344. The maximum absolute atomic E-state index is 15.1. The number of aromatic nitrogens is 6. The number of anilines is 1. The van der Waals surface area contributed by atoms with Gasteiger partial charge in [-0.05, 0) is 30.2 Å². The van der Waals surface area contributed by atoms with Gasteiger partial charge < -0.3 is 14.8 Å². The van der Waals surface area contributed by atoms with Gasteiger partial charge >= 0.3 is 0 Å². The molecule has 1 aromatic carbocycles. The van der Waals surface area contributed by atoms with Crippen LogP contribution in [0.15, 0.2) is 30.5 Å². The molecule has 10 nitrogen and oxygen atoms in total. The van der Waals surface area contributed by atoms with Crippen LogP contribution in [-0.2, 0) is 4.74 Å². The highest BCUT2D eigenvalue weighted by Gasteiger charge is 2.47. The lowest BCUT2D eigenvalue weighted by molar-refractivity contribution is -0.131. The van der Waals surface area contributed by atoms with Gasteiger partial charge in [-0.3, -0.25) is 4.90 Å². The number of halogens is 4. The highest BCUT2D eigenvalue weighted by molar-refractivity contribution is 5.89. The number of alkyl halides is 4. The van der Waals surface area contributed by atoms with E-state index < -0.39 is 43.9 Å². The Morgan fingerprint density at radius 1 is 1.26 bits per heavy atom. The second kappa shape index (κ2) is 9.66. The van der Waals surface area contributed by atoms with E-state index in [1.54, 1.807) is 30.5 Å². The molecule has 0 saturated carbocycles. The maximum Gasteiger partial charge on any atom is 0.280 e. The molecule has 3 aromatic heterocycles. The van der Waals surface area contributed by atoms with Gasteiger partial charge in [-0.15, -0.1) is 10.2 Å². The topological polar surface area (TPSA) is 94.6 Å². The van der Waals surface area contributed by atoms with Crippen molar-refractivity contribution in [1.82, 2.24) is 34.5 Å². The van der Waals surface area contributed by atoms with Gasteiger partial charge in [0, 0.05) is 18.3 Å². The van der Waals surface area contributed by atoms with E-state index in [0.29, 0.717) is 34.2 Å². The first-order valence-electron chi connectivity index (χ1n) is 12.6.